The van der Waals surface area contributed by atoms with Crippen LogP contribution in [0.4, 0.5) is 0 Å². The van der Waals surface area contributed by atoms with Crippen molar-refractivity contribution in [1.29, 1.82) is 0 Å². The Morgan fingerprint density at radius 1 is 0.739 bits per heavy atom. The standard InChI is InChI=1S/C18H21ClO2S2/c19-22(16-10-4-1-5-11-16,17-12-6-2-7-13-17)23(20,21)18-14-8-3-9-15-18/h1-2,4-7,10-13,18H,3,8-9,14-15H2. The lowest BCUT2D eigenvalue weighted by Crippen LogP contribution is -2.27. The van der Waals surface area contributed by atoms with Crippen LogP contribution in [0.3, 0.4) is 0 Å². The molecule has 0 heterocycles. The summed E-state index contributed by atoms with van der Waals surface area (Å²) >= 11 is 0. The summed E-state index contributed by atoms with van der Waals surface area (Å²) in [5.74, 6) is 0. The van der Waals surface area contributed by atoms with Gasteiger partial charge in [-0.05, 0) is 56.1 Å². The van der Waals surface area contributed by atoms with E-state index in [1.165, 1.54) is 0 Å². The first-order chi connectivity index (χ1) is 11.1. The van der Waals surface area contributed by atoms with Gasteiger partial charge in [-0.3, -0.25) is 0 Å². The Bertz CT molecular complexity index is 700. The second kappa shape index (κ2) is 6.88. The molecule has 1 saturated carbocycles. The quantitative estimate of drug-likeness (QED) is 0.646. The highest BCUT2D eigenvalue weighted by atomic mass is 35.8. The van der Waals surface area contributed by atoms with E-state index in [1.807, 2.05) is 60.7 Å². The summed E-state index contributed by atoms with van der Waals surface area (Å²) in [4.78, 5) is 1.41. The summed E-state index contributed by atoms with van der Waals surface area (Å²) in [7, 11) is 0.900. The Morgan fingerprint density at radius 2 is 1.17 bits per heavy atom. The molecular weight excluding hydrogens is 348 g/mol. The van der Waals surface area contributed by atoms with Gasteiger partial charge in [0.1, 0.15) is 0 Å². The average Bonchev–Trinajstić information content (AvgIpc) is 2.63. The Labute approximate surface area is 144 Å². The second-order valence-electron chi connectivity index (χ2n) is 5.86. The van der Waals surface area contributed by atoms with Crippen molar-refractivity contribution < 1.29 is 8.42 Å². The molecule has 0 saturated heterocycles. The molecule has 3 rings (SSSR count). The first kappa shape index (κ1) is 16.9. The van der Waals surface area contributed by atoms with Gasteiger partial charge in [0, 0.05) is 9.79 Å². The molecule has 0 unspecified atom stereocenters. The van der Waals surface area contributed by atoms with Gasteiger partial charge in [0.05, 0.1) is 5.25 Å². The molecule has 0 atom stereocenters. The van der Waals surface area contributed by atoms with Crippen molar-refractivity contribution >= 4 is 27.8 Å². The Hall–Kier alpha value is -0.970. The molecule has 0 radical (unpaired) electrons. The second-order valence-corrected chi connectivity index (χ2v) is 14.3. The molecule has 0 amide bonds. The summed E-state index contributed by atoms with van der Waals surface area (Å²) in [5, 5.41) is -0.329. The molecule has 2 nitrogen and oxygen atoms in total. The van der Waals surface area contributed by atoms with Crippen molar-refractivity contribution in [3.63, 3.8) is 0 Å². The molecule has 1 fully saturated rings. The summed E-state index contributed by atoms with van der Waals surface area (Å²) < 4.78 is 27.0. The zero-order chi connectivity index (χ0) is 16.3. The number of hydrogen-bond acceptors (Lipinski definition) is 2. The van der Waals surface area contributed by atoms with Crippen LogP contribution < -0.4 is 0 Å². The number of halogens is 1. The van der Waals surface area contributed by atoms with Gasteiger partial charge in [0.15, 0.2) is 0 Å². The van der Waals surface area contributed by atoms with Gasteiger partial charge in [-0.2, -0.15) is 0 Å². The lowest BCUT2D eigenvalue weighted by atomic mass is 10.0. The summed E-state index contributed by atoms with van der Waals surface area (Å²) in [5.41, 5.74) is 0. The predicted octanol–water partition coefficient (Wildman–Crippen LogP) is 5.73. The molecule has 124 valence electrons. The van der Waals surface area contributed by atoms with Gasteiger partial charge in [-0.25, -0.2) is 8.42 Å². The first-order valence-electron chi connectivity index (χ1n) is 7.94. The minimum atomic E-state index is -3.48. The minimum Gasteiger partial charge on any atom is -0.217 e. The third kappa shape index (κ3) is 3.04. The molecule has 2 aromatic carbocycles. The van der Waals surface area contributed by atoms with E-state index in [1.54, 1.807) is 0 Å². The van der Waals surface area contributed by atoms with Crippen molar-refractivity contribution in [2.24, 2.45) is 0 Å². The number of rotatable bonds is 4. The zero-order valence-electron chi connectivity index (χ0n) is 12.9. The van der Waals surface area contributed by atoms with Crippen LogP contribution in [0.1, 0.15) is 32.1 Å². The van der Waals surface area contributed by atoms with Gasteiger partial charge >= 0.3 is 0 Å². The van der Waals surface area contributed by atoms with E-state index in [0.717, 1.165) is 32.1 Å². The van der Waals surface area contributed by atoms with Crippen LogP contribution in [0, 0.1) is 0 Å². The molecule has 0 spiro atoms. The highest BCUT2D eigenvalue weighted by Gasteiger charge is 2.45. The molecule has 23 heavy (non-hydrogen) atoms. The van der Waals surface area contributed by atoms with Gasteiger partial charge in [-0.1, -0.05) is 55.7 Å². The predicted molar refractivity (Wildman–Crippen MR) is 98.7 cm³/mol. The van der Waals surface area contributed by atoms with E-state index < -0.39 is 17.1 Å². The van der Waals surface area contributed by atoms with E-state index in [4.69, 9.17) is 10.7 Å². The fourth-order valence-corrected chi connectivity index (χ4v) is 11.8. The van der Waals surface area contributed by atoms with Crippen LogP contribution in [0.25, 0.3) is 0 Å². The van der Waals surface area contributed by atoms with E-state index in [2.05, 4.69) is 0 Å². The van der Waals surface area contributed by atoms with Crippen LogP contribution >= 0.6 is 19.0 Å². The van der Waals surface area contributed by atoms with Gasteiger partial charge in [-0.15, -0.1) is 0 Å². The normalized spacial score (nSPS) is 17.8. The largest absolute Gasteiger partial charge is 0.217 e. The van der Waals surface area contributed by atoms with E-state index in [9.17, 15) is 8.42 Å². The molecule has 1 aliphatic rings. The van der Waals surface area contributed by atoms with E-state index in [0.29, 0.717) is 9.79 Å². The lowest BCUT2D eigenvalue weighted by Gasteiger charge is -2.37. The molecular formula is C18H21ClO2S2. The first-order valence-corrected chi connectivity index (χ1v) is 12.5. The van der Waals surface area contributed by atoms with Crippen molar-refractivity contribution in [3.05, 3.63) is 60.7 Å². The number of hydrogen-bond donors (Lipinski definition) is 0. The van der Waals surface area contributed by atoms with Crippen molar-refractivity contribution in [2.75, 3.05) is 0 Å². The average molecular weight is 369 g/mol. The lowest BCUT2D eigenvalue weighted by molar-refractivity contribution is 0.490. The molecule has 0 aliphatic heterocycles. The summed E-state index contributed by atoms with van der Waals surface area (Å²) in [6.45, 7) is 0. The minimum absolute atomic E-state index is 0.329. The Balaban J connectivity index is 2.16. The van der Waals surface area contributed by atoms with Crippen LogP contribution in [-0.4, -0.2) is 13.7 Å². The fourth-order valence-electron chi connectivity index (χ4n) is 3.14. The van der Waals surface area contributed by atoms with Gasteiger partial charge in [0.25, 0.3) is 0 Å². The molecule has 1 aliphatic carbocycles. The van der Waals surface area contributed by atoms with Gasteiger partial charge < -0.3 is 0 Å². The molecule has 2 aromatic rings. The summed E-state index contributed by atoms with van der Waals surface area (Å²) in [6, 6.07) is 18.6. The van der Waals surface area contributed by atoms with Crippen molar-refractivity contribution in [1.82, 2.24) is 0 Å². The summed E-state index contributed by atoms with van der Waals surface area (Å²) in [6.07, 6.45) is 4.51. The fraction of sp³-hybridized carbons (Fsp3) is 0.333. The van der Waals surface area contributed by atoms with Gasteiger partial charge in [0.2, 0.25) is 8.87 Å². The van der Waals surface area contributed by atoms with Crippen molar-refractivity contribution in [3.8, 4) is 0 Å². The maximum absolute atomic E-state index is 13.5. The Kier molecular flexibility index (Phi) is 5.04. The maximum atomic E-state index is 13.5. The highest BCUT2D eigenvalue weighted by Crippen LogP contribution is 2.72. The third-order valence-electron chi connectivity index (χ3n) is 4.37. The van der Waals surface area contributed by atoms with E-state index >= 15 is 0 Å². The topological polar surface area (TPSA) is 34.1 Å². The molecule has 0 aromatic heterocycles. The molecule has 5 heteroatoms. The zero-order valence-corrected chi connectivity index (χ0v) is 15.3. The van der Waals surface area contributed by atoms with Crippen LogP contribution in [0.15, 0.2) is 70.5 Å². The van der Waals surface area contributed by atoms with Crippen LogP contribution in [0.5, 0.6) is 0 Å². The monoisotopic (exact) mass is 368 g/mol. The number of benzene rings is 2. The van der Waals surface area contributed by atoms with Crippen LogP contribution in [-0.2, 0) is 8.87 Å². The third-order valence-corrected chi connectivity index (χ3v) is 14.6. The maximum Gasteiger partial charge on any atom is 0.207 e. The molecule has 0 bridgehead atoms. The SMILES string of the molecule is O=S(=O)(C1CCCCC1)S(Cl)(c1ccccc1)c1ccccc1. The highest BCUT2D eigenvalue weighted by molar-refractivity contribution is 8.99. The Morgan fingerprint density at radius 3 is 1.61 bits per heavy atom. The van der Waals surface area contributed by atoms with E-state index in [-0.39, 0.29) is 5.25 Å². The molecule has 0 N–H and O–H groups in total. The van der Waals surface area contributed by atoms with Crippen LogP contribution in [0.2, 0.25) is 0 Å². The van der Waals surface area contributed by atoms with Crippen molar-refractivity contribution in [2.45, 2.75) is 47.1 Å². The smallest absolute Gasteiger partial charge is 0.207 e.